The van der Waals surface area contributed by atoms with Crippen LogP contribution in [0.1, 0.15) is 33.6 Å². The number of thioether (sulfide) groups is 1. The van der Waals surface area contributed by atoms with E-state index in [2.05, 4.69) is 22.9 Å². The number of anilines is 2. The van der Waals surface area contributed by atoms with Crippen LogP contribution in [0.15, 0.2) is 5.16 Å². The van der Waals surface area contributed by atoms with E-state index in [1.807, 2.05) is 18.9 Å². The lowest BCUT2D eigenvalue weighted by molar-refractivity contribution is -0.171. The molecular weight excluding hydrogens is 426 g/mol. The van der Waals surface area contributed by atoms with Crippen molar-refractivity contribution >= 4 is 29.2 Å². The monoisotopic (exact) mass is 455 g/mol. The molecule has 172 valence electrons. The van der Waals surface area contributed by atoms with Crippen molar-refractivity contribution in [1.29, 1.82) is 0 Å². The van der Waals surface area contributed by atoms with E-state index in [1.54, 1.807) is 18.9 Å². The molecule has 1 aliphatic carbocycles. The van der Waals surface area contributed by atoms with Crippen LogP contribution in [0.3, 0.4) is 0 Å². The van der Waals surface area contributed by atoms with Gasteiger partial charge >= 0.3 is 5.97 Å². The Morgan fingerprint density at radius 2 is 2.06 bits per heavy atom. The highest BCUT2D eigenvalue weighted by molar-refractivity contribution is 7.99. The first-order valence-corrected chi connectivity index (χ1v) is 11.3. The molecule has 12 heteroatoms. The maximum atomic E-state index is 11.6. The Balaban J connectivity index is 1.60. The van der Waals surface area contributed by atoms with Crippen molar-refractivity contribution in [2.75, 3.05) is 37.0 Å². The van der Waals surface area contributed by atoms with Gasteiger partial charge in [-0.05, 0) is 20.3 Å². The number of esters is 1. The Morgan fingerprint density at radius 3 is 2.77 bits per heavy atom. The normalized spacial score (nSPS) is 28.2. The number of hydrazine groups is 2. The van der Waals surface area contributed by atoms with Crippen LogP contribution in [-0.4, -0.2) is 72.7 Å². The van der Waals surface area contributed by atoms with E-state index in [0.29, 0.717) is 29.0 Å². The van der Waals surface area contributed by atoms with Crippen LogP contribution in [0.5, 0.6) is 5.88 Å². The van der Waals surface area contributed by atoms with E-state index < -0.39 is 11.8 Å². The van der Waals surface area contributed by atoms with Gasteiger partial charge in [-0.15, -0.1) is 5.53 Å². The molecule has 0 amide bonds. The molecule has 0 aromatic carbocycles. The highest BCUT2D eigenvalue weighted by Gasteiger charge is 2.57. The Labute approximate surface area is 185 Å². The standard InChI is InChI=1S/C19H29N5O6S/c1-6-7-31-18-20-16-13(17(21-18)27-5)22-23-24(16)10-8-11(28-9-12(25)26-4)15-14(10)29-19(2,3)30-15/h10-11,14-15,22-23H,6-9H2,1-5H3/t10-,11+,14+,15-/m1/s1. The quantitative estimate of drug-likeness (QED) is 0.336. The van der Waals surface area contributed by atoms with Crippen molar-refractivity contribution < 1.29 is 28.5 Å². The molecule has 3 aliphatic rings. The van der Waals surface area contributed by atoms with Crippen molar-refractivity contribution in [3.63, 3.8) is 0 Å². The maximum absolute atomic E-state index is 11.6. The van der Waals surface area contributed by atoms with Crippen molar-refractivity contribution in [3.8, 4) is 5.88 Å². The first-order valence-electron chi connectivity index (χ1n) is 10.3. The third kappa shape index (κ3) is 4.40. The smallest absolute Gasteiger partial charge is 0.331 e. The SMILES string of the molecule is CCCSc1nc(OC)c2c(n1)N([C@@H]1C[C@H](OCC(=O)OC)[C@H]3OC(C)(C)O[C@H]31)NN2. The fraction of sp³-hybridized carbons (Fsp3) is 0.737. The number of rotatable bonds is 8. The van der Waals surface area contributed by atoms with E-state index in [9.17, 15) is 4.79 Å². The molecule has 11 nitrogen and oxygen atoms in total. The van der Waals surface area contributed by atoms with Gasteiger partial charge in [-0.3, -0.25) is 10.4 Å². The van der Waals surface area contributed by atoms with Gasteiger partial charge in [0.2, 0.25) is 5.88 Å². The zero-order valence-electron chi connectivity index (χ0n) is 18.3. The predicted octanol–water partition coefficient (Wildman–Crippen LogP) is 1.49. The summed E-state index contributed by atoms with van der Waals surface area (Å²) in [4.78, 5) is 20.8. The molecule has 1 saturated heterocycles. The van der Waals surface area contributed by atoms with Gasteiger partial charge in [-0.2, -0.15) is 4.98 Å². The van der Waals surface area contributed by atoms with Gasteiger partial charge in [0.15, 0.2) is 22.4 Å². The first-order chi connectivity index (χ1) is 14.9. The topological polar surface area (TPSA) is 116 Å². The maximum Gasteiger partial charge on any atom is 0.331 e. The Morgan fingerprint density at radius 1 is 1.29 bits per heavy atom. The van der Waals surface area contributed by atoms with Crippen LogP contribution in [0.4, 0.5) is 11.5 Å². The number of nitrogens with one attached hydrogen (secondary N) is 2. The van der Waals surface area contributed by atoms with Gasteiger partial charge in [0.25, 0.3) is 0 Å². The minimum atomic E-state index is -0.762. The molecular formula is C19H29N5O6S. The molecule has 2 N–H and O–H groups in total. The van der Waals surface area contributed by atoms with Crippen LogP contribution in [0, 0.1) is 0 Å². The van der Waals surface area contributed by atoms with Gasteiger partial charge in [0, 0.05) is 12.2 Å². The second-order valence-electron chi connectivity index (χ2n) is 7.96. The summed E-state index contributed by atoms with van der Waals surface area (Å²) < 4.78 is 28.4. The zero-order chi connectivity index (χ0) is 22.2. The lowest BCUT2D eigenvalue weighted by Crippen LogP contribution is -2.50. The summed E-state index contributed by atoms with van der Waals surface area (Å²) >= 11 is 1.58. The fourth-order valence-electron chi connectivity index (χ4n) is 4.07. The highest BCUT2D eigenvalue weighted by Crippen LogP contribution is 2.45. The van der Waals surface area contributed by atoms with E-state index in [4.69, 9.17) is 28.7 Å². The zero-order valence-corrected chi connectivity index (χ0v) is 19.2. The van der Waals surface area contributed by atoms with E-state index in [1.165, 1.54) is 7.11 Å². The number of aromatic nitrogens is 2. The minimum absolute atomic E-state index is 0.142. The summed E-state index contributed by atoms with van der Waals surface area (Å²) in [6.07, 6.45) is 0.637. The van der Waals surface area contributed by atoms with E-state index in [0.717, 1.165) is 12.2 Å². The number of nitrogens with zero attached hydrogens (tertiary/aromatic N) is 3. The summed E-state index contributed by atoms with van der Waals surface area (Å²) in [6.45, 7) is 5.71. The molecule has 1 aromatic heterocycles. The Hall–Kier alpha value is -1.86. The van der Waals surface area contributed by atoms with Crippen molar-refractivity contribution in [1.82, 2.24) is 15.5 Å². The summed E-state index contributed by atoms with van der Waals surface area (Å²) in [5.74, 6) is 0.861. The molecule has 2 fully saturated rings. The third-order valence-electron chi connectivity index (χ3n) is 5.35. The fourth-order valence-corrected chi connectivity index (χ4v) is 4.75. The van der Waals surface area contributed by atoms with Crippen LogP contribution in [-0.2, 0) is 23.7 Å². The number of fused-ring (bicyclic) bond motifs is 2. The van der Waals surface area contributed by atoms with Gasteiger partial charge in [-0.25, -0.2) is 9.78 Å². The summed E-state index contributed by atoms with van der Waals surface area (Å²) in [6, 6.07) is -0.160. The predicted molar refractivity (Wildman–Crippen MR) is 113 cm³/mol. The van der Waals surface area contributed by atoms with E-state index >= 15 is 0 Å². The molecule has 0 radical (unpaired) electrons. The lowest BCUT2D eigenvalue weighted by atomic mass is 10.2. The Kier molecular flexibility index (Phi) is 6.44. The molecule has 0 unspecified atom stereocenters. The second kappa shape index (κ2) is 8.94. The molecule has 1 saturated carbocycles. The minimum Gasteiger partial charge on any atom is -0.479 e. The number of carbonyl (C=O) groups excluding carboxylic acids is 1. The summed E-state index contributed by atoms with van der Waals surface area (Å²) in [7, 11) is 2.92. The van der Waals surface area contributed by atoms with Crippen molar-refractivity contribution in [2.45, 2.75) is 68.9 Å². The van der Waals surface area contributed by atoms with Gasteiger partial charge in [0.05, 0.1) is 26.4 Å². The average Bonchev–Trinajstić information content (AvgIpc) is 3.40. The first kappa shape index (κ1) is 22.3. The number of ether oxygens (including phenoxy) is 5. The molecule has 4 rings (SSSR count). The second-order valence-corrected chi connectivity index (χ2v) is 9.02. The number of hydrogen-bond donors (Lipinski definition) is 2. The van der Waals surface area contributed by atoms with Gasteiger partial charge in [-0.1, -0.05) is 18.7 Å². The molecule has 1 aromatic rings. The molecule has 4 atom stereocenters. The summed E-state index contributed by atoms with van der Waals surface area (Å²) in [5.41, 5.74) is 6.94. The van der Waals surface area contributed by atoms with Crippen LogP contribution >= 0.6 is 11.8 Å². The molecule has 2 aliphatic heterocycles. The molecule has 0 spiro atoms. The number of hydrogen-bond acceptors (Lipinski definition) is 12. The largest absolute Gasteiger partial charge is 0.479 e. The lowest BCUT2D eigenvalue weighted by Gasteiger charge is -2.29. The number of methoxy groups -OCH3 is 2. The molecule has 0 bridgehead atoms. The van der Waals surface area contributed by atoms with Gasteiger partial charge < -0.3 is 23.7 Å². The average molecular weight is 456 g/mol. The Bertz CT molecular complexity index is 827. The van der Waals surface area contributed by atoms with Gasteiger partial charge in [0.1, 0.15) is 18.8 Å². The summed E-state index contributed by atoms with van der Waals surface area (Å²) in [5, 5.41) is 2.56. The number of carbonyl (C=O) groups is 1. The molecule has 3 heterocycles. The molecule has 31 heavy (non-hydrogen) atoms. The van der Waals surface area contributed by atoms with Crippen LogP contribution in [0.2, 0.25) is 0 Å². The van der Waals surface area contributed by atoms with Crippen molar-refractivity contribution in [2.24, 2.45) is 0 Å². The van der Waals surface area contributed by atoms with Crippen LogP contribution < -0.4 is 20.7 Å². The van der Waals surface area contributed by atoms with Crippen LogP contribution in [0.25, 0.3) is 0 Å². The third-order valence-corrected chi connectivity index (χ3v) is 6.41. The highest BCUT2D eigenvalue weighted by atomic mass is 32.2. The van der Waals surface area contributed by atoms with E-state index in [-0.39, 0.29) is 31.0 Å². The van der Waals surface area contributed by atoms with Crippen molar-refractivity contribution in [3.05, 3.63) is 0 Å².